The molecule has 2 bridgehead atoms. The molecule has 5 rings (SSSR count). The number of rotatable bonds is 5. The van der Waals surface area contributed by atoms with Crippen molar-refractivity contribution in [3.05, 3.63) is 35.9 Å². The molecule has 4 aliphatic heterocycles. The van der Waals surface area contributed by atoms with Crippen LogP contribution < -0.4 is 0 Å². The molecule has 0 N–H and O–H groups in total. The predicted molar refractivity (Wildman–Crippen MR) is 114 cm³/mol. The van der Waals surface area contributed by atoms with E-state index in [2.05, 4.69) is 45.0 Å². The third kappa shape index (κ3) is 4.23. The first-order valence-electron chi connectivity index (χ1n) is 11.7. The molecule has 1 amide bonds. The molecule has 1 aromatic rings. The molecule has 0 spiro atoms. The minimum Gasteiger partial charge on any atom is -0.379 e. The number of amides is 1. The van der Waals surface area contributed by atoms with Crippen LogP contribution in [0.15, 0.2) is 30.3 Å². The molecule has 0 saturated carbocycles. The summed E-state index contributed by atoms with van der Waals surface area (Å²) < 4.78 is 5.50. The zero-order valence-corrected chi connectivity index (χ0v) is 17.5. The topological polar surface area (TPSA) is 36.0 Å². The zero-order valence-electron chi connectivity index (χ0n) is 17.5. The number of piperidine rings is 3. The van der Waals surface area contributed by atoms with Crippen LogP contribution in [0, 0.1) is 11.8 Å². The van der Waals surface area contributed by atoms with E-state index in [-0.39, 0.29) is 0 Å². The molecular formula is C24H35N3O2. The maximum absolute atomic E-state index is 13.0. The quantitative estimate of drug-likeness (QED) is 0.764. The van der Waals surface area contributed by atoms with Gasteiger partial charge >= 0.3 is 0 Å². The molecule has 4 atom stereocenters. The second kappa shape index (κ2) is 8.75. The minimum atomic E-state index is 0.373. The van der Waals surface area contributed by atoms with Gasteiger partial charge in [0.1, 0.15) is 0 Å². The first kappa shape index (κ1) is 19.5. The molecule has 1 aromatic carbocycles. The molecule has 4 fully saturated rings. The monoisotopic (exact) mass is 397 g/mol. The summed E-state index contributed by atoms with van der Waals surface area (Å²) in [4.78, 5) is 20.6. The Bertz CT molecular complexity index is 691. The fraction of sp³-hybridized carbons (Fsp3) is 0.708. The van der Waals surface area contributed by atoms with Crippen LogP contribution in [0.25, 0.3) is 0 Å². The molecule has 5 nitrogen and oxygen atoms in total. The van der Waals surface area contributed by atoms with Crippen LogP contribution in [0.3, 0.4) is 0 Å². The lowest BCUT2D eigenvalue weighted by molar-refractivity contribution is -0.152. The van der Waals surface area contributed by atoms with Crippen LogP contribution in [0.1, 0.15) is 31.2 Å². The number of morpholine rings is 1. The summed E-state index contributed by atoms with van der Waals surface area (Å²) in [5.41, 5.74) is 1.37. The zero-order chi connectivity index (χ0) is 19.6. The highest BCUT2D eigenvalue weighted by Gasteiger charge is 2.49. The number of nitrogens with zero attached hydrogens (tertiary/aromatic N) is 3. The van der Waals surface area contributed by atoms with Crippen molar-refractivity contribution < 1.29 is 9.53 Å². The van der Waals surface area contributed by atoms with Gasteiger partial charge in [-0.1, -0.05) is 30.3 Å². The molecule has 4 heterocycles. The Hall–Kier alpha value is -1.43. The van der Waals surface area contributed by atoms with Crippen molar-refractivity contribution in [1.29, 1.82) is 0 Å². The summed E-state index contributed by atoms with van der Waals surface area (Å²) in [6.07, 6.45) is 5.35. The number of carbonyl (C=O) groups excluding carboxylic acids is 1. The van der Waals surface area contributed by atoms with Crippen molar-refractivity contribution in [1.82, 2.24) is 14.7 Å². The highest BCUT2D eigenvalue weighted by atomic mass is 16.5. The van der Waals surface area contributed by atoms with Crippen LogP contribution in [0.5, 0.6) is 0 Å². The summed E-state index contributed by atoms with van der Waals surface area (Å²) in [5, 5.41) is 0. The van der Waals surface area contributed by atoms with Gasteiger partial charge in [-0.15, -0.1) is 0 Å². The molecule has 0 radical (unpaired) electrons. The van der Waals surface area contributed by atoms with E-state index in [0.717, 1.165) is 65.2 Å². The van der Waals surface area contributed by atoms with E-state index in [0.29, 0.717) is 29.8 Å². The van der Waals surface area contributed by atoms with Gasteiger partial charge in [-0.3, -0.25) is 9.69 Å². The van der Waals surface area contributed by atoms with Crippen LogP contribution in [-0.2, 0) is 16.0 Å². The highest BCUT2D eigenvalue weighted by Crippen LogP contribution is 2.42. The number of ether oxygens (including phenoxy) is 1. The van der Waals surface area contributed by atoms with Crippen molar-refractivity contribution in [2.45, 2.75) is 44.2 Å². The van der Waals surface area contributed by atoms with Crippen molar-refractivity contribution in [2.24, 2.45) is 11.8 Å². The maximum Gasteiger partial charge on any atom is 0.223 e. The van der Waals surface area contributed by atoms with E-state index < -0.39 is 0 Å². The number of fused-ring (bicyclic) bond motifs is 4. The lowest BCUT2D eigenvalue weighted by atomic mass is 9.71. The molecule has 0 unspecified atom stereocenters. The standard InChI is InChI=1S/C24H35N3O2/c28-24-8-4-7-22-20-16-21(23(27(22)24)15-19-5-2-1-3-6-19)18-26(17-20)10-9-25-11-13-29-14-12-25/h1-3,5-6,20-23H,4,7-18H2/t20-,21+,22+,23+/m1/s1. The van der Waals surface area contributed by atoms with E-state index >= 15 is 0 Å². The van der Waals surface area contributed by atoms with Gasteiger partial charge < -0.3 is 14.5 Å². The second-order valence-electron chi connectivity index (χ2n) is 9.49. The average Bonchev–Trinajstić information content (AvgIpc) is 2.77. The van der Waals surface area contributed by atoms with Gasteiger partial charge in [0.05, 0.1) is 13.2 Å². The molecule has 158 valence electrons. The van der Waals surface area contributed by atoms with Gasteiger partial charge in [0.25, 0.3) is 0 Å². The van der Waals surface area contributed by atoms with E-state index in [1.807, 2.05) is 0 Å². The molecule has 5 heteroatoms. The van der Waals surface area contributed by atoms with Crippen molar-refractivity contribution in [3.63, 3.8) is 0 Å². The van der Waals surface area contributed by atoms with E-state index in [9.17, 15) is 4.79 Å². The van der Waals surface area contributed by atoms with Crippen molar-refractivity contribution >= 4 is 5.91 Å². The molecule has 0 aliphatic carbocycles. The van der Waals surface area contributed by atoms with Crippen molar-refractivity contribution in [2.75, 3.05) is 52.5 Å². The SMILES string of the molecule is O=C1CCC[C@H]2[C@@H]3C[C@@H](CN(CCN4CCOCC4)C3)[C@H](Cc3ccccc3)N12. The van der Waals surface area contributed by atoms with Crippen LogP contribution in [0.2, 0.25) is 0 Å². The minimum absolute atomic E-state index is 0.373. The lowest BCUT2D eigenvalue weighted by Gasteiger charge is -2.57. The summed E-state index contributed by atoms with van der Waals surface area (Å²) in [5.74, 6) is 1.69. The Labute approximate surface area is 175 Å². The van der Waals surface area contributed by atoms with Crippen LogP contribution in [0.4, 0.5) is 0 Å². The number of hydrogen-bond acceptors (Lipinski definition) is 4. The Morgan fingerprint density at radius 2 is 1.72 bits per heavy atom. The molecule has 4 aliphatic rings. The molecular weight excluding hydrogens is 362 g/mol. The summed E-state index contributed by atoms with van der Waals surface area (Å²) in [6.45, 7) is 8.53. The second-order valence-corrected chi connectivity index (χ2v) is 9.49. The summed E-state index contributed by atoms with van der Waals surface area (Å²) in [7, 11) is 0. The van der Waals surface area contributed by atoms with E-state index in [1.165, 1.54) is 24.9 Å². The third-order valence-electron chi connectivity index (χ3n) is 7.70. The van der Waals surface area contributed by atoms with Gasteiger partial charge in [0.2, 0.25) is 5.91 Å². The Morgan fingerprint density at radius 3 is 2.55 bits per heavy atom. The number of hydrogen-bond donors (Lipinski definition) is 0. The predicted octanol–water partition coefficient (Wildman–Crippen LogP) is 2.26. The number of carbonyl (C=O) groups is 1. The van der Waals surface area contributed by atoms with E-state index in [1.54, 1.807) is 0 Å². The summed E-state index contributed by atoms with van der Waals surface area (Å²) >= 11 is 0. The largest absolute Gasteiger partial charge is 0.379 e. The van der Waals surface area contributed by atoms with Crippen LogP contribution >= 0.6 is 0 Å². The Morgan fingerprint density at radius 1 is 0.966 bits per heavy atom. The summed E-state index contributed by atoms with van der Waals surface area (Å²) in [6, 6.07) is 11.6. The smallest absolute Gasteiger partial charge is 0.223 e. The highest BCUT2D eigenvalue weighted by molar-refractivity contribution is 5.78. The lowest BCUT2D eigenvalue weighted by Crippen LogP contribution is -2.65. The number of benzene rings is 1. The number of likely N-dealkylation sites (tertiary alicyclic amines) is 1. The van der Waals surface area contributed by atoms with Crippen LogP contribution in [-0.4, -0.2) is 85.2 Å². The molecule has 4 saturated heterocycles. The van der Waals surface area contributed by atoms with Gasteiger partial charge in [-0.05, 0) is 43.1 Å². The fourth-order valence-electron chi connectivity index (χ4n) is 6.28. The molecule has 29 heavy (non-hydrogen) atoms. The normalized spacial score (nSPS) is 33.5. The Kier molecular flexibility index (Phi) is 5.89. The maximum atomic E-state index is 13.0. The van der Waals surface area contributed by atoms with Gasteiger partial charge in [-0.2, -0.15) is 0 Å². The third-order valence-corrected chi connectivity index (χ3v) is 7.70. The van der Waals surface area contributed by atoms with Crippen molar-refractivity contribution in [3.8, 4) is 0 Å². The fourth-order valence-corrected chi connectivity index (χ4v) is 6.28. The van der Waals surface area contributed by atoms with Gasteiger partial charge in [0, 0.05) is 57.8 Å². The molecule has 0 aromatic heterocycles. The first-order chi connectivity index (χ1) is 14.3. The van der Waals surface area contributed by atoms with E-state index in [4.69, 9.17) is 4.74 Å². The van der Waals surface area contributed by atoms with Gasteiger partial charge in [-0.25, -0.2) is 0 Å². The van der Waals surface area contributed by atoms with Gasteiger partial charge in [0.15, 0.2) is 0 Å². The first-order valence-corrected chi connectivity index (χ1v) is 11.7. The average molecular weight is 398 g/mol. The Balaban J connectivity index is 1.31.